The predicted octanol–water partition coefficient (Wildman–Crippen LogP) is 15.7. The molecule has 0 saturated carbocycles. The van der Waals surface area contributed by atoms with Crippen LogP contribution < -0.4 is 41.3 Å². The summed E-state index contributed by atoms with van der Waals surface area (Å²) in [4.78, 5) is 0. The minimum Gasteiger partial charge on any atom is -0.493 e. The van der Waals surface area contributed by atoms with E-state index < -0.39 is 177 Å². The normalized spacial score (nSPS) is 15.1. The first kappa shape index (κ1) is 58.3. The summed E-state index contributed by atoms with van der Waals surface area (Å²) >= 11 is 0. The lowest BCUT2D eigenvalue weighted by Gasteiger charge is -2.33. The molecule has 0 aliphatic carbocycles. The van der Waals surface area contributed by atoms with E-state index in [4.69, 9.17) is 9.47 Å². The van der Waals surface area contributed by atoms with Crippen LogP contribution in [-0.4, -0.2) is 13.2 Å². The number of hydrogen-bond donors (Lipinski definition) is 0. The molecular weight excluding hydrogens is 1150 g/mol. The van der Waals surface area contributed by atoms with E-state index in [2.05, 4.69) is 0 Å². The molecule has 6 aromatic rings. The standard InChI is InChI=1S/C50H28F24O2P2/c51-43(52,53)23-11-24(44(54,55)56)16-31(15-23)77(32-17-25(45(57,58)59)12-26(18-32)46(60,61)62)39-7-5-37-35(3-1-9-75-37)41(39)42-36-4-2-10-76-38(36)6-8-40(42)78(33-19-27(47(63,64)65)13-28(20-33)48(66,67)68)34-21-29(49(69,70)71)14-30(22-34)50(72,73)74/h5-8,11-22H,1-4,9-10H2. The van der Waals surface area contributed by atoms with E-state index >= 15 is 0 Å². The Morgan fingerprint density at radius 1 is 0.282 bits per heavy atom. The summed E-state index contributed by atoms with van der Waals surface area (Å²) in [5.74, 6) is -0.562. The molecule has 0 radical (unpaired) electrons. The summed E-state index contributed by atoms with van der Waals surface area (Å²) in [5.41, 5.74) is -18.9. The minimum absolute atomic E-state index is 0.00579. The van der Waals surface area contributed by atoms with Crippen LogP contribution in [0.15, 0.2) is 97.1 Å². The molecule has 2 nitrogen and oxygen atoms in total. The monoisotopic (exact) mass is 1180 g/mol. The highest BCUT2D eigenvalue weighted by atomic mass is 31.1. The van der Waals surface area contributed by atoms with Crippen LogP contribution in [0.4, 0.5) is 105 Å². The van der Waals surface area contributed by atoms with E-state index in [-0.39, 0.29) is 110 Å². The molecule has 78 heavy (non-hydrogen) atoms. The van der Waals surface area contributed by atoms with Gasteiger partial charge in [-0.15, -0.1) is 0 Å². The molecule has 28 heteroatoms. The molecule has 0 spiro atoms. The van der Waals surface area contributed by atoms with Crippen LogP contribution in [0.25, 0.3) is 11.1 Å². The van der Waals surface area contributed by atoms with E-state index in [9.17, 15) is 105 Å². The quantitative estimate of drug-likeness (QED) is 0.117. The Labute approximate surface area is 425 Å². The topological polar surface area (TPSA) is 18.5 Å². The molecule has 2 heterocycles. The fourth-order valence-electron chi connectivity index (χ4n) is 8.92. The maximum Gasteiger partial charge on any atom is 0.416 e. The van der Waals surface area contributed by atoms with Gasteiger partial charge in [0.2, 0.25) is 0 Å². The van der Waals surface area contributed by atoms with Crippen molar-refractivity contribution in [3.63, 3.8) is 0 Å². The zero-order valence-corrected chi connectivity index (χ0v) is 40.1. The number of halogens is 24. The van der Waals surface area contributed by atoms with Crippen molar-refractivity contribution in [2.45, 2.75) is 75.1 Å². The molecule has 0 amide bonds. The van der Waals surface area contributed by atoms with Gasteiger partial charge in [-0.1, -0.05) is 0 Å². The maximum absolute atomic E-state index is 14.7. The van der Waals surface area contributed by atoms with E-state index in [1.165, 1.54) is 0 Å². The summed E-state index contributed by atoms with van der Waals surface area (Å²) in [5, 5.41) is -6.59. The molecule has 2 aliphatic rings. The van der Waals surface area contributed by atoms with Gasteiger partial charge in [-0.25, -0.2) is 0 Å². The highest BCUT2D eigenvalue weighted by molar-refractivity contribution is 7.80. The van der Waals surface area contributed by atoms with E-state index in [1.807, 2.05) is 0 Å². The largest absolute Gasteiger partial charge is 0.493 e. The first-order valence-electron chi connectivity index (χ1n) is 22.1. The second kappa shape index (κ2) is 20.0. The zero-order valence-electron chi connectivity index (χ0n) is 38.3. The molecule has 0 aromatic heterocycles. The van der Waals surface area contributed by atoms with Gasteiger partial charge in [0.05, 0.1) is 57.7 Å². The van der Waals surface area contributed by atoms with Crippen molar-refractivity contribution >= 4 is 47.7 Å². The fourth-order valence-corrected chi connectivity index (χ4v) is 14.2. The van der Waals surface area contributed by atoms with Gasteiger partial charge < -0.3 is 9.47 Å². The predicted molar refractivity (Wildman–Crippen MR) is 237 cm³/mol. The maximum atomic E-state index is 14.7. The summed E-state index contributed by atoms with van der Waals surface area (Å²) < 4.78 is 365. The van der Waals surface area contributed by atoms with Crippen molar-refractivity contribution in [3.8, 4) is 22.6 Å². The molecule has 0 saturated heterocycles. The Hall–Kier alpha value is -5.90. The molecule has 0 atom stereocenters. The molecule has 0 bridgehead atoms. The Balaban J connectivity index is 1.63. The number of rotatable bonds is 7. The molecule has 418 valence electrons. The SMILES string of the molecule is FC(F)(F)c1cc(P(c2cc(C(F)(F)F)cc(C(F)(F)F)c2)c2ccc3c(c2-c2c(P(c4cc(C(F)(F)F)cc(C(F)(F)F)c4)c4cc(C(F)(F)F)cc(C(F)(F)F)c4)ccc4c2CCCO4)CCCO3)cc(C(F)(F)F)c1. The summed E-state index contributed by atoms with van der Waals surface area (Å²) in [6, 6.07) is 1.83. The summed E-state index contributed by atoms with van der Waals surface area (Å²) in [6.45, 7) is -0.396. The van der Waals surface area contributed by atoms with Crippen molar-refractivity contribution in [1.82, 2.24) is 0 Å². The Morgan fingerprint density at radius 2 is 0.487 bits per heavy atom. The van der Waals surface area contributed by atoms with Gasteiger partial charge in [0.1, 0.15) is 11.5 Å². The van der Waals surface area contributed by atoms with Gasteiger partial charge in [-0.3, -0.25) is 0 Å². The lowest BCUT2D eigenvalue weighted by Crippen LogP contribution is -2.31. The highest BCUT2D eigenvalue weighted by Gasteiger charge is 2.45. The molecular formula is C50H28F24O2P2. The first-order chi connectivity index (χ1) is 35.7. The van der Waals surface area contributed by atoms with Gasteiger partial charge in [0.15, 0.2) is 0 Å². The van der Waals surface area contributed by atoms with Crippen molar-refractivity contribution in [2.75, 3.05) is 13.2 Å². The van der Waals surface area contributed by atoms with Gasteiger partial charge in [0, 0.05) is 11.1 Å². The number of alkyl halides is 24. The summed E-state index contributed by atoms with van der Waals surface area (Å²) in [6.07, 6.45) is -46.9. The highest BCUT2D eigenvalue weighted by Crippen LogP contribution is 2.52. The lowest BCUT2D eigenvalue weighted by molar-refractivity contribution is -0.144. The Bertz CT molecular complexity index is 2770. The van der Waals surface area contributed by atoms with E-state index in [0.717, 1.165) is 24.3 Å². The van der Waals surface area contributed by atoms with Gasteiger partial charge >= 0.3 is 49.4 Å². The van der Waals surface area contributed by atoms with Gasteiger partial charge in [-0.2, -0.15) is 105 Å². The van der Waals surface area contributed by atoms with Crippen LogP contribution in [0.3, 0.4) is 0 Å². The molecule has 0 N–H and O–H groups in total. The van der Waals surface area contributed by atoms with Crippen molar-refractivity contribution < 1.29 is 115 Å². The Morgan fingerprint density at radius 3 is 0.679 bits per heavy atom. The molecule has 0 fully saturated rings. The minimum atomic E-state index is -5.74. The van der Waals surface area contributed by atoms with Crippen LogP contribution >= 0.6 is 15.8 Å². The summed E-state index contributed by atoms with van der Waals surface area (Å²) in [7, 11) is -7.56. The van der Waals surface area contributed by atoms with Crippen LogP contribution in [0.1, 0.15) is 68.5 Å². The lowest BCUT2D eigenvalue weighted by atomic mass is 9.89. The number of fused-ring (bicyclic) bond motifs is 2. The third kappa shape index (κ3) is 12.1. The Kier molecular flexibility index (Phi) is 15.0. The zero-order chi connectivity index (χ0) is 57.7. The van der Waals surface area contributed by atoms with Crippen LogP contribution in [-0.2, 0) is 62.3 Å². The second-order valence-electron chi connectivity index (χ2n) is 17.5. The molecule has 6 aromatic carbocycles. The first-order valence-corrected chi connectivity index (χ1v) is 24.8. The second-order valence-corrected chi connectivity index (χ2v) is 21.9. The smallest absolute Gasteiger partial charge is 0.416 e. The van der Waals surface area contributed by atoms with Gasteiger partial charge in [0.25, 0.3) is 0 Å². The van der Waals surface area contributed by atoms with Crippen LogP contribution in [0, 0.1) is 0 Å². The fraction of sp³-hybridized carbons (Fsp3) is 0.280. The number of hydrogen-bond acceptors (Lipinski definition) is 2. The van der Waals surface area contributed by atoms with Crippen molar-refractivity contribution in [3.05, 3.63) is 153 Å². The van der Waals surface area contributed by atoms with Crippen LogP contribution in [0.2, 0.25) is 0 Å². The average Bonchev–Trinajstić information content (AvgIpc) is 3.41. The number of ether oxygens (including phenoxy) is 2. The average molecular weight is 1180 g/mol. The van der Waals surface area contributed by atoms with Crippen LogP contribution in [0.5, 0.6) is 11.5 Å². The molecule has 0 unspecified atom stereocenters. The molecule has 8 rings (SSSR count). The van der Waals surface area contributed by atoms with Crippen molar-refractivity contribution in [1.29, 1.82) is 0 Å². The van der Waals surface area contributed by atoms with Crippen molar-refractivity contribution in [2.24, 2.45) is 0 Å². The third-order valence-electron chi connectivity index (χ3n) is 12.2. The van der Waals surface area contributed by atoms with E-state index in [1.54, 1.807) is 0 Å². The van der Waals surface area contributed by atoms with E-state index in [0.29, 0.717) is 0 Å². The third-order valence-corrected chi connectivity index (χ3v) is 17.0. The van der Waals surface area contributed by atoms with Gasteiger partial charge in [-0.05, 0) is 182 Å². The molecule has 2 aliphatic heterocycles. The number of benzene rings is 6.